The Hall–Kier alpha value is -4.33. The van der Waals surface area contributed by atoms with Crippen LogP contribution < -0.4 is 14.9 Å². The van der Waals surface area contributed by atoms with E-state index in [1.807, 2.05) is 12.1 Å². The number of rotatable bonds is 14. The number of ether oxygens (including phenoxy) is 4. The fourth-order valence-electron chi connectivity index (χ4n) is 4.79. The van der Waals surface area contributed by atoms with Crippen molar-refractivity contribution < 1.29 is 33.0 Å². The lowest BCUT2D eigenvalue weighted by Crippen LogP contribution is -2.10. The highest BCUT2D eigenvalue weighted by molar-refractivity contribution is 5.97. The van der Waals surface area contributed by atoms with Gasteiger partial charge in [0.05, 0.1) is 43.8 Å². The van der Waals surface area contributed by atoms with E-state index in [1.54, 1.807) is 38.3 Å². The van der Waals surface area contributed by atoms with Crippen molar-refractivity contribution in [2.45, 2.75) is 51.9 Å². The van der Waals surface area contributed by atoms with Crippen LogP contribution in [0.15, 0.2) is 63.8 Å². The lowest BCUT2D eigenvalue weighted by molar-refractivity contribution is -0.143. The number of benzene rings is 3. The zero-order valence-corrected chi connectivity index (χ0v) is 23.8. The monoisotopic (exact) mass is 560 g/mol. The van der Waals surface area contributed by atoms with Crippen LogP contribution in [-0.2, 0) is 27.1 Å². The summed E-state index contributed by atoms with van der Waals surface area (Å²) in [5, 5.41) is 0.629. The Kier molecular flexibility index (Phi) is 10.4. The van der Waals surface area contributed by atoms with Crippen molar-refractivity contribution in [3.8, 4) is 11.5 Å². The molecule has 0 radical (unpaired) electrons. The van der Waals surface area contributed by atoms with Crippen molar-refractivity contribution in [1.29, 1.82) is 0 Å². The predicted molar refractivity (Wildman–Crippen MR) is 157 cm³/mol. The summed E-state index contributed by atoms with van der Waals surface area (Å²) in [4.78, 5) is 37.5. The van der Waals surface area contributed by atoms with Gasteiger partial charge in [0, 0.05) is 12.0 Å². The first-order valence-corrected chi connectivity index (χ1v) is 14.0. The van der Waals surface area contributed by atoms with Crippen LogP contribution in [-0.4, -0.2) is 39.4 Å². The number of methoxy groups -OCH3 is 2. The molecule has 0 unspecified atom stereocenters. The molecule has 4 rings (SSSR count). The minimum absolute atomic E-state index is 0.123. The third-order valence-corrected chi connectivity index (χ3v) is 6.98. The van der Waals surface area contributed by atoms with Gasteiger partial charge in [-0.15, -0.1) is 0 Å². The normalized spacial score (nSPS) is 11.0. The summed E-state index contributed by atoms with van der Waals surface area (Å²) in [6.45, 7) is 2.55. The van der Waals surface area contributed by atoms with Gasteiger partial charge in [0.1, 0.15) is 22.7 Å². The van der Waals surface area contributed by atoms with Crippen LogP contribution in [0.25, 0.3) is 21.9 Å². The number of hydrogen-bond acceptors (Lipinski definition) is 8. The van der Waals surface area contributed by atoms with Gasteiger partial charge in [-0.05, 0) is 80.6 Å². The molecule has 8 nitrogen and oxygen atoms in total. The number of fused-ring (bicyclic) bond motifs is 2. The van der Waals surface area contributed by atoms with E-state index >= 15 is 0 Å². The van der Waals surface area contributed by atoms with E-state index in [1.165, 1.54) is 18.7 Å². The molecule has 41 heavy (non-hydrogen) atoms. The van der Waals surface area contributed by atoms with Crippen LogP contribution in [0.2, 0.25) is 0 Å². The molecule has 4 aromatic rings. The fourth-order valence-corrected chi connectivity index (χ4v) is 4.79. The van der Waals surface area contributed by atoms with Crippen molar-refractivity contribution in [3.63, 3.8) is 0 Å². The Labute approximate surface area is 239 Å². The third kappa shape index (κ3) is 7.45. The van der Waals surface area contributed by atoms with Gasteiger partial charge in [-0.25, -0.2) is 4.79 Å². The average molecular weight is 561 g/mol. The SMILES string of the molecule is CCOC(=O)CCc1c(OCCCCCCc2ccc(OC)cc2)ccc2c(=O)c3cc(C(=O)OC)ccc3oc12. The molecular formula is C33H36O8. The molecule has 0 atom stereocenters. The van der Waals surface area contributed by atoms with Gasteiger partial charge >= 0.3 is 11.9 Å². The molecule has 0 aliphatic rings. The van der Waals surface area contributed by atoms with Crippen LogP contribution in [0, 0.1) is 0 Å². The fraction of sp³-hybridized carbons (Fsp3) is 0.364. The molecule has 216 valence electrons. The number of carbonyl (C=O) groups is 2. The lowest BCUT2D eigenvalue weighted by atomic mass is 10.0. The molecule has 0 bridgehead atoms. The van der Waals surface area contributed by atoms with E-state index in [0.717, 1.165) is 37.9 Å². The van der Waals surface area contributed by atoms with E-state index in [4.69, 9.17) is 23.4 Å². The van der Waals surface area contributed by atoms with Crippen molar-refractivity contribution in [3.05, 3.63) is 81.5 Å². The number of carbonyl (C=O) groups excluding carboxylic acids is 2. The molecule has 0 aliphatic carbocycles. The van der Waals surface area contributed by atoms with Gasteiger partial charge in [0.15, 0.2) is 0 Å². The van der Waals surface area contributed by atoms with Crippen molar-refractivity contribution >= 4 is 33.9 Å². The highest BCUT2D eigenvalue weighted by Crippen LogP contribution is 2.31. The molecule has 8 heteroatoms. The quantitative estimate of drug-likeness (QED) is 0.0989. The molecule has 0 aliphatic heterocycles. The summed E-state index contributed by atoms with van der Waals surface area (Å²) in [6.07, 6.45) is 5.49. The second-order valence-corrected chi connectivity index (χ2v) is 9.72. The van der Waals surface area contributed by atoms with Crippen molar-refractivity contribution in [1.82, 2.24) is 0 Å². The van der Waals surface area contributed by atoms with Gasteiger partial charge in [0.25, 0.3) is 0 Å². The first-order valence-electron chi connectivity index (χ1n) is 14.0. The Bertz CT molecular complexity index is 1550. The largest absolute Gasteiger partial charge is 0.497 e. The standard InChI is InChI=1S/C33H36O8/c1-4-39-30(34)19-16-25-28(40-20-8-6-5-7-9-22-10-13-24(37-2)14-11-22)18-15-26-31(35)27-21-23(33(36)38-3)12-17-29(27)41-32(25)26/h10-15,17-18,21H,4-9,16,19-20H2,1-3H3. The van der Waals surface area contributed by atoms with Crippen LogP contribution in [0.1, 0.15) is 60.5 Å². The van der Waals surface area contributed by atoms with Crippen molar-refractivity contribution in [2.75, 3.05) is 27.4 Å². The van der Waals surface area contributed by atoms with E-state index in [-0.39, 0.29) is 28.8 Å². The Morgan fingerprint density at radius 3 is 2.37 bits per heavy atom. The van der Waals surface area contributed by atoms with Gasteiger partial charge in [-0.2, -0.15) is 0 Å². The molecule has 1 aromatic heterocycles. The lowest BCUT2D eigenvalue weighted by Gasteiger charge is -2.14. The first kappa shape index (κ1) is 29.6. The second-order valence-electron chi connectivity index (χ2n) is 9.72. The molecule has 0 spiro atoms. The van der Waals surface area contributed by atoms with Crippen molar-refractivity contribution in [2.24, 2.45) is 0 Å². The highest BCUT2D eigenvalue weighted by atomic mass is 16.5. The zero-order valence-electron chi connectivity index (χ0n) is 23.8. The maximum absolute atomic E-state index is 13.4. The number of unbranched alkanes of at least 4 members (excludes halogenated alkanes) is 3. The summed E-state index contributed by atoms with van der Waals surface area (Å²) < 4.78 is 27.4. The second kappa shape index (κ2) is 14.3. The summed E-state index contributed by atoms with van der Waals surface area (Å²) in [6, 6.07) is 16.2. The average Bonchev–Trinajstić information content (AvgIpc) is 2.99. The zero-order chi connectivity index (χ0) is 29.2. The Morgan fingerprint density at radius 2 is 1.63 bits per heavy atom. The van der Waals surface area contributed by atoms with E-state index in [2.05, 4.69) is 12.1 Å². The van der Waals surface area contributed by atoms with Crippen LogP contribution in [0.3, 0.4) is 0 Å². The van der Waals surface area contributed by atoms with Gasteiger partial charge < -0.3 is 23.4 Å². The number of hydrogen-bond donors (Lipinski definition) is 0. The summed E-state index contributed by atoms with van der Waals surface area (Å²) >= 11 is 0. The Balaban J connectivity index is 1.47. The summed E-state index contributed by atoms with van der Waals surface area (Å²) in [7, 11) is 2.95. The van der Waals surface area contributed by atoms with Gasteiger partial charge in [-0.1, -0.05) is 25.0 Å². The molecule has 3 aromatic carbocycles. The highest BCUT2D eigenvalue weighted by Gasteiger charge is 2.18. The molecule has 0 amide bonds. The van der Waals surface area contributed by atoms with Gasteiger partial charge in [-0.3, -0.25) is 9.59 Å². The molecule has 1 heterocycles. The molecule has 0 N–H and O–H groups in total. The Morgan fingerprint density at radius 1 is 0.854 bits per heavy atom. The number of aryl methyl sites for hydroxylation is 2. The maximum atomic E-state index is 13.4. The van der Waals surface area contributed by atoms with Gasteiger partial charge in [0.2, 0.25) is 5.43 Å². The smallest absolute Gasteiger partial charge is 0.337 e. The van der Waals surface area contributed by atoms with E-state index in [9.17, 15) is 14.4 Å². The number of esters is 2. The first-order chi connectivity index (χ1) is 19.9. The molecule has 0 saturated carbocycles. The molecule has 0 fully saturated rings. The topological polar surface area (TPSA) is 101 Å². The van der Waals surface area contributed by atoms with Crippen LogP contribution in [0.4, 0.5) is 0 Å². The summed E-state index contributed by atoms with van der Waals surface area (Å²) in [5.74, 6) is 0.569. The third-order valence-electron chi connectivity index (χ3n) is 6.98. The maximum Gasteiger partial charge on any atom is 0.337 e. The van der Waals surface area contributed by atoms with Crippen LogP contribution in [0.5, 0.6) is 11.5 Å². The minimum Gasteiger partial charge on any atom is -0.497 e. The van der Waals surface area contributed by atoms with E-state index < -0.39 is 5.97 Å². The minimum atomic E-state index is -0.536. The molecular weight excluding hydrogens is 524 g/mol. The molecule has 0 saturated heterocycles. The predicted octanol–water partition coefficient (Wildman–Crippen LogP) is 6.42. The van der Waals surface area contributed by atoms with E-state index in [0.29, 0.717) is 47.5 Å². The van der Waals surface area contributed by atoms with Crippen LogP contribution >= 0.6 is 0 Å². The summed E-state index contributed by atoms with van der Waals surface area (Å²) in [5.41, 5.74) is 2.63.